The van der Waals surface area contributed by atoms with Gasteiger partial charge in [-0.1, -0.05) is 18.7 Å². The number of nitrogens with zero attached hydrogens (tertiary/aromatic N) is 4. The van der Waals surface area contributed by atoms with Crippen LogP contribution in [0, 0.1) is 5.92 Å². The van der Waals surface area contributed by atoms with Crippen molar-refractivity contribution in [3.63, 3.8) is 0 Å². The molecule has 1 aliphatic heterocycles. The Morgan fingerprint density at radius 1 is 1.20 bits per heavy atom. The van der Waals surface area contributed by atoms with Crippen LogP contribution in [-0.4, -0.2) is 57.2 Å². The van der Waals surface area contributed by atoms with E-state index in [-0.39, 0.29) is 12.4 Å². The number of aromatic nitrogens is 3. The SMILES string of the molecule is CC(=O)c1ccc(OCC(O)CSc2nnc(N3CCC(C)CC3)n2C2CC2)cc1. The maximum atomic E-state index is 11.3. The number of aliphatic hydroxyl groups is 1. The Hall–Kier alpha value is -2.06. The van der Waals surface area contributed by atoms with Gasteiger partial charge in [-0.25, -0.2) is 0 Å². The highest BCUT2D eigenvalue weighted by Crippen LogP contribution is 2.41. The molecule has 2 aromatic rings. The number of hydrogen-bond acceptors (Lipinski definition) is 7. The molecule has 0 bridgehead atoms. The van der Waals surface area contributed by atoms with Gasteiger partial charge in [-0.2, -0.15) is 0 Å². The van der Waals surface area contributed by atoms with Crippen LogP contribution in [0.3, 0.4) is 0 Å². The van der Waals surface area contributed by atoms with Gasteiger partial charge in [0.25, 0.3) is 0 Å². The van der Waals surface area contributed by atoms with E-state index < -0.39 is 6.10 Å². The van der Waals surface area contributed by atoms with Gasteiger partial charge in [-0.15, -0.1) is 10.2 Å². The van der Waals surface area contributed by atoms with Gasteiger partial charge in [0, 0.05) is 30.4 Å². The lowest BCUT2D eigenvalue weighted by Crippen LogP contribution is -2.34. The van der Waals surface area contributed by atoms with Crippen LogP contribution in [0.15, 0.2) is 29.4 Å². The minimum atomic E-state index is -0.619. The van der Waals surface area contributed by atoms with E-state index in [1.807, 2.05) is 0 Å². The van der Waals surface area contributed by atoms with Gasteiger partial charge in [-0.3, -0.25) is 9.36 Å². The lowest BCUT2D eigenvalue weighted by Gasteiger charge is -2.31. The summed E-state index contributed by atoms with van der Waals surface area (Å²) < 4.78 is 7.94. The van der Waals surface area contributed by atoms with Crippen LogP contribution in [0.5, 0.6) is 5.75 Å². The third-order valence-electron chi connectivity index (χ3n) is 5.73. The molecule has 1 aliphatic carbocycles. The number of ether oxygens (including phenoxy) is 1. The Morgan fingerprint density at radius 3 is 2.53 bits per heavy atom. The molecule has 8 heteroatoms. The predicted molar refractivity (Wildman–Crippen MR) is 118 cm³/mol. The van der Waals surface area contributed by atoms with Gasteiger partial charge < -0.3 is 14.7 Å². The normalized spacial score (nSPS) is 18.4. The van der Waals surface area contributed by atoms with E-state index in [0.717, 1.165) is 30.1 Å². The van der Waals surface area contributed by atoms with Crippen LogP contribution in [0.2, 0.25) is 0 Å². The number of benzene rings is 1. The number of piperidine rings is 1. The minimum absolute atomic E-state index is 0.0243. The summed E-state index contributed by atoms with van der Waals surface area (Å²) in [5.41, 5.74) is 0.650. The van der Waals surface area contributed by atoms with Crippen molar-refractivity contribution in [3.05, 3.63) is 29.8 Å². The van der Waals surface area contributed by atoms with Crippen LogP contribution in [0.4, 0.5) is 5.95 Å². The smallest absolute Gasteiger partial charge is 0.228 e. The summed E-state index contributed by atoms with van der Waals surface area (Å²) in [6.07, 6.45) is 4.12. The lowest BCUT2D eigenvalue weighted by atomic mass is 10.00. The van der Waals surface area contributed by atoms with Crippen molar-refractivity contribution in [2.45, 2.75) is 56.8 Å². The molecule has 1 atom stereocenters. The largest absolute Gasteiger partial charge is 0.491 e. The van der Waals surface area contributed by atoms with Crippen molar-refractivity contribution in [1.82, 2.24) is 14.8 Å². The second-order valence-electron chi connectivity index (χ2n) is 8.41. The molecular formula is C22H30N4O3S. The van der Waals surface area contributed by atoms with Crippen molar-refractivity contribution < 1.29 is 14.6 Å². The first-order valence-electron chi connectivity index (χ1n) is 10.8. The first kappa shape index (κ1) is 21.2. The molecule has 1 aromatic heterocycles. The lowest BCUT2D eigenvalue weighted by molar-refractivity contribution is 0.101. The number of hydrogen-bond donors (Lipinski definition) is 1. The predicted octanol–water partition coefficient (Wildman–Crippen LogP) is 3.58. The van der Waals surface area contributed by atoms with Crippen LogP contribution in [0.25, 0.3) is 0 Å². The van der Waals surface area contributed by atoms with E-state index in [2.05, 4.69) is 26.6 Å². The molecule has 0 radical (unpaired) electrons. The maximum Gasteiger partial charge on any atom is 0.228 e. The van der Waals surface area contributed by atoms with E-state index in [9.17, 15) is 9.90 Å². The Morgan fingerprint density at radius 2 is 1.90 bits per heavy atom. The van der Waals surface area contributed by atoms with Crippen molar-refractivity contribution >= 4 is 23.5 Å². The molecule has 4 rings (SSSR count). The van der Waals surface area contributed by atoms with E-state index in [0.29, 0.717) is 23.1 Å². The first-order chi connectivity index (χ1) is 14.5. The summed E-state index contributed by atoms with van der Waals surface area (Å²) in [6, 6.07) is 7.47. The average Bonchev–Trinajstić information content (AvgIpc) is 3.50. The number of thioether (sulfide) groups is 1. The summed E-state index contributed by atoms with van der Waals surface area (Å²) in [5.74, 6) is 2.93. The van der Waals surface area contributed by atoms with E-state index in [4.69, 9.17) is 4.74 Å². The number of Topliss-reactive ketones (excluding diaryl/α,β-unsaturated/α-hetero) is 1. The molecule has 1 saturated carbocycles. The molecule has 30 heavy (non-hydrogen) atoms. The summed E-state index contributed by atoms with van der Waals surface area (Å²) in [5, 5.41) is 20.2. The van der Waals surface area contributed by atoms with Crippen LogP contribution >= 0.6 is 11.8 Å². The Bertz CT molecular complexity index is 858. The summed E-state index contributed by atoms with van der Waals surface area (Å²) in [4.78, 5) is 13.7. The molecule has 1 unspecified atom stereocenters. The van der Waals surface area contributed by atoms with Crippen molar-refractivity contribution in [2.24, 2.45) is 5.92 Å². The fourth-order valence-corrected chi connectivity index (χ4v) is 4.55. The Balaban J connectivity index is 1.31. The zero-order valence-corrected chi connectivity index (χ0v) is 18.5. The zero-order chi connectivity index (χ0) is 21.1. The number of aliphatic hydroxyl groups excluding tert-OH is 1. The molecule has 0 spiro atoms. The number of carbonyl (C=O) groups is 1. The summed E-state index contributed by atoms with van der Waals surface area (Å²) in [6.45, 7) is 6.12. The average molecular weight is 431 g/mol. The molecule has 1 N–H and O–H groups in total. The second kappa shape index (κ2) is 9.39. The van der Waals surface area contributed by atoms with Crippen molar-refractivity contribution in [2.75, 3.05) is 30.3 Å². The quantitative estimate of drug-likeness (QED) is 0.481. The third-order valence-corrected chi connectivity index (χ3v) is 6.82. The molecule has 2 aliphatic rings. The monoisotopic (exact) mass is 430 g/mol. The molecular weight excluding hydrogens is 400 g/mol. The third kappa shape index (κ3) is 5.16. The molecule has 1 aromatic carbocycles. The summed E-state index contributed by atoms with van der Waals surface area (Å²) >= 11 is 1.54. The number of rotatable bonds is 9. The van der Waals surface area contributed by atoms with E-state index >= 15 is 0 Å². The van der Waals surface area contributed by atoms with Crippen LogP contribution in [-0.2, 0) is 0 Å². The minimum Gasteiger partial charge on any atom is -0.491 e. The zero-order valence-electron chi connectivity index (χ0n) is 17.7. The van der Waals surface area contributed by atoms with E-state index in [1.54, 1.807) is 24.3 Å². The van der Waals surface area contributed by atoms with Gasteiger partial charge in [0.05, 0.1) is 6.10 Å². The molecule has 0 amide bonds. The van der Waals surface area contributed by atoms with Gasteiger partial charge >= 0.3 is 0 Å². The molecule has 2 heterocycles. The van der Waals surface area contributed by atoms with Gasteiger partial charge in [-0.05, 0) is 62.8 Å². The van der Waals surface area contributed by atoms with Gasteiger partial charge in [0.15, 0.2) is 10.9 Å². The standard InChI is InChI=1S/C22H30N4O3S/c1-15-9-11-25(12-10-15)21-23-24-22(26(21)18-5-6-18)30-14-19(28)13-29-20-7-3-17(4-8-20)16(2)27/h3-4,7-8,15,18-19,28H,5-6,9-14H2,1-2H3. The van der Waals surface area contributed by atoms with E-state index in [1.165, 1.54) is 44.4 Å². The molecule has 1 saturated heterocycles. The Kier molecular flexibility index (Phi) is 6.63. The number of ketones is 1. The highest BCUT2D eigenvalue weighted by atomic mass is 32.2. The van der Waals surface area contributed by atoms with Gasteiger partial charge in [0.1, 0.15) is 12.4 Å². The van der Waals surface area contributed by atoms with Crippen molar-refractivity contribution in [3.8, 4) is 5.75 Å². The second-order valence-corrected chi connectivity index (χ2v) is 9.40. The highest BCUT2D eigenvalue weighted by molar-refractivity contribution is 7.99. The first-order valence-corrected chi connectivity index (χ1v) is 11.7. The summed E-state index contributed by atoms with van der Waals surface area (Å²) in [7, 11) is 0. The van der Waals surface area contributed by atoms with Gasteiger partial charge in [0.2, 0.25) is 5.95 Å². The Labute approximate surface area is 181 Å². The van der Waals surface area contributed by atoms with Crippen molar-refractivity contribution in [1.29, 1.82) is 0 Å². The van der Waals surface area contributed by atoms with Crippen LogP contribution < -0.4 is 9.64 Å². The number of anilines is 1. The topological polar surface area (TPSA) is 80.5 Å². The number of carbonyl (C=O) groups excluding carboxylic acids is 1. The molecule has 162 valence electrons. The van der Waals surface area contributed by atoms with Crippen LogP contribution in [0.1, 0.15) is 55.9 Å². The molecule has 7 nitrogen and oxygen atoms in total. The fourth-order valence-electron chi connectivity index (χ4n) is 3.64. The fraction of sp³-hybridized carbons (Fsp3) is 0.591. The highest BCUT2D eigenvalue weighted by Gasteiger charge is 2.32. The maximum absolute atomic E-state index is 11.3. The molecule has 2 fully saturated rings.